The van der Waals surface area contributed by atoms with Crippen LogP contribution in [0, 0.1) is 0 Å². The highest BCUT2D eigenvalue weighted by Gasteiger charge is 2.28. The fourth-order valence-corrected chi connectivity index (χ4v) is 2.47. The second kappa shape index (κ2) is 6.12. The van der Waals surface area contributed by atoms with Crippen molar-refractivity contribution < 1.29 is 18.9 Å². The maximum absolute atomic E-state index is 6.29. The summed E-state index contributed by atoms with van der Waals surface area (Å²) in [5.74, 6) is 1.81. The first-order valence-electron chi connectivity index (χ1n) is 6.39. The highest BCUT2D eigenvalue weighted by atomic mass is 16.5. The summed E-state index contributed by atoms with van der Waals surface area (Å²) in [5.41, 5.74) is 7.17. The molecule has 0 spiro atoms. The number of rotatable bonds is 5. The summed E-state index contributed by atoms with van der Waals surface area (Å²) in [4.78, 5) is 0. The Kier molecular flexibility index (Phi) is 4.50. The van der Waals surface area contributed by atoms with Crippen molar-refractivity contribution in [3.05, 3.63) is 17.7 Å². The minimum absolute atomic E-state index is 0.0343. The van der Waals surface area contributed by atoms with Crippen LogP contribution in [-0.2, 0) is 4.74 Å². The molecule has 5 heteroatoms. The Bertz CT molecular complexity index is 430. The molecule has 0 aromatic heterocycles. The van der Waals surface area contributed by atoms with E-state index in [9.17, 15) is 0 Å². The predicted octanol–water partition coefficient (Wildman–Crippen LogP) is 1.89. The molecule has 2 rings (SSSR count). The molecule has 0 saturated carbocycles. The van der Waals surface area contributed by atoms with Gasteiger partial charge in [-0.25, -0.2) is 0 Å². The van der Waals surface area contributed by atoms with Gasteiger partial charge < -0.3 is 24.7 Å². The monoisotopic (exact) mass is 267 g/mol. The second-order valence-corrected chi connectivity index (χ2v) is 4.50. The molecule has 0 radical (unpaired) electrons. The molecule has 1 aliphatic rings. The Hall–Kier alpha value is -1.46. The maximum Gasteiger partial charge on any atom is 0.203 e. The third-order valence-corrected chi connectivity index (χ3v) is 3.46. The van der Waals surface area contributed by atoms with Gasteiger partial charge in [0.2, 0.25) is 5.75 Å². The molecule has 2 atom stereocenters. The smallest absolute Gasteiger partial charge is 0.203 e. The Morgan fingerprint density at radius 3 is 2.42 bits per heavy atom. The van der Waals surface area contributed by atoms with Gasteiger partial charge in [-0.2, -0.15) is 0 Å². The zero-order chi connectivity index (χ0) is 13.8. The lowest BCUT2D eigenvalue weighted by Crippen LogP contribution is -2.26. The van der Waals surface area contributed by atoms with Crippen LogP contribution in [-0.4, -0.2) is 34.0 Å². The molecule has 1 aromatic rings. The van der Waals surface area contributed by atoms with Crippen LogP contribution < -0.4 is 19.9 Å². The number of hydrogen-bond acceptors (Lipinski definition) is 5. The molecule has 5 nitrogen and oxygen atoms in total. The fraction of sp³-hybridized carbons (Fsp3) is 0.571. The van der Waals surface area contributed by atoms with Crippen LogP contribution >= 0.6 is 0 Å². The number of methoxy groups -OCH3 is 3. The first-order chi connectivity index (χ1) is 9.22. The topological polar surface area (TPSA) is 62.9 Å². The van der Waals surface area contributed by atoms with Crippen LogP contribution in [0.25, 0.3) is 0 Å². The van der Waals surface area contributed by atoms with E-state index in [1.54, 1.807) is 21.3 Å². The van der Waals surface area contributed by atoms with Crippen molar-refractivity contribution in [2.75, 3.05) is 27.9 Å². The van der Waals surface area contributed by atoms with Gasteiger partial charge in [0.1, 0.15) is 0 Å². The minimum atomic E-state index is -0.225. The van der Waals surface area contributed by atoms with E-state index in [1.165, 1.54) is 0 Å². The number of nitrogens with two attached hydrogens (primary N) is 1. The largest absolute Gasteiger partial charge is 0.493 e. The average molecular weight is 267 g/mol. The number of benzene rings is 1. The van der Waals surface area contributed by atoms with E-state index in [4.69, 9.17) is 24.7 Å². The third kappa shape index (κ3) is 2.62. The number of ether oxygens (including phenoxy) is 4. The fourth-order valence-electron chi connectivity index (χ4n) is 2.47. The second-order valence-electron chi connectivity index (χ2n) is 4.50. The van der Waals surface area contributed by atoms with Crippen LogP contribution in [0.4, 0.5) is 0 Å². The standard InChI is InChI=1S/C14H21NO4/c1-16-11-7-6-9(13(17-2)14(11)18-3)12(15)10-5-4-8-19-10/h6-7,10,12H,4-5,8,15H2,1-3H3. The summed E-state index contributed by atoms with van der Waals surface area (Å²) in [6.07, 6.45) is 2.05. The summed E-state index contributed by atoms with van der Waals surface area (Å²) >= 11 is 0. The molecule has 0 bridgehead atoms. The molecule has 0 aliphatic carbocycles. The summed E-state index contributed by atoms with van der Waals surface area (Å²) in [6, 6.07) is 3.52. The predicted molar refractivity (Wildman–Crippen MR) is 72.0 cm³/mol. The van der Waals surface area contributed by atoms with Crippen LogP contribution in [0.1, 0.15) is 24.4 Å². The molecule has 1 fully saturated rings. The van der Waals surface area contributed by atoms with Crippen LogP contribution in [0.3, 0.4) is 0 Å². The van der Waals surface area contributed by atoms with E-state index in [2.05, 4.69) is 0 Å². The molecule has 1 aliphatic heterocycles. The zero-order valence-electron chi connectivity index (χ0n) is 11.6. The van der Waals surface area contributed by atoms with Gasteiger partial charge in [0.05, 0.1) is 33.5 Å². The third-order valence-electron chi connectivity index (χ3n) is 3.46. The molecule has 19 heavy (non-hydrogen) atoms. The molecule has 1 saturated heterocycles. The van der Waals surface area contributed by atoms with Gasteiger partial charge in [0.15, 0.2) is 11.5 Å². The molecule has 106 valence electrons. The molecule has 0 amide bonds. The van der Waals surface area contributed by atoms with Crippen molar-refractivity contribution in [3.8, 4) is 17.2 Å². The van der Waals surface area contributed by atoms with Crippen molar-refractivity contribution in [1.29, 1.82) is 0 Å². The van der Waals surface area contributed by atoms with Crippen molar-refractivity contribution in [2.24, 2.45) is 5.73 Å². The molecule has 2 unspecified atom stereocenters. The van der Waals surface area contributed by atoms with Crippen molar-refractivity contribution in [2.45, 2.75) is 25.0 Å². The van der Waals surface area contributed by atoms with Gasteiger partial charge in [-0.15, -0.1) is 0 Å². The first kappa shape index (κ1) is 14.0. The van der Waals surface area contributed by atoms with Gasteiger partial charge in [-0.1, -0.05) is 0 Å². The van der Waals surface area contributed by atoms with Crippen LogP contribution in [0.15, 0.2) is 12.1 Å². The van der Waals surface area contributed by atoms with Crippen molar-refractivity contribution >= 4 is 0 Å². The van der Waals surface area contributed by atoms with E-state index in [-0.39, 0.29) is 12.1 Å². The Morgan fingerprint density at radius 2 is 1.89 bits per heavy atom. The quantitative estimate of drug-likeness (QED) is 0.882. The van der Waals surface area contributed by atoms with Gasteiger partial charge >= 0.3 is 0 Å². The van der Waals surface area contributed by atoms with Gasteiger partial charge in [0.25, 0.3) is 0 Å². The zero-order valence-corrected chi connectivity index (χ0v) is 11.6. The highest BCUT2D eigenvalue weighted by molar-refractivity contribution is 5.56. The lowest BCUT2D eigenvalue weighted by molar-refractivity contribution is 0.0891. The van der Waals surface area contributed by atoms with Crippen LogP contribution in [0.5, 0.6) is 17.2 Å². The van der Waals surface area contributed by atoms with E-state index >= 15 is 0 Å². The molecule has 2 N–H and O–H groups in total. The lowest BCUT2D eigenvalue weighted by atomic mass is 9.98. The van der Waals surface area contributed by atoms with E-state index in [0.29, 0.717) is 17.2 Å². The van der Waals surface area contributed by atoms with Crippen LogP contribution in [0.2, 0.25) is 0 Å². The molecule has 1 aromatic carbocycles. The van der Waals surface area contributed by atoms with Gasteiger partial charge in [-0.3, -0.25) is 0 Å². The summed E-state index contributed by atoms with van der Waals surface area (Å²) in [5, 5.41) is 0. The van der Waals surface area contributed by atoms with E-state index in [0.717, 1.165) is 25.0 Å². The summed E-state index contributed by atoms with van der Waals surface area (Å²) in [7, 11) is 4.78. The SMILES string of the molecule is COc1ccc(C(N)C2CCCO2)c(OC)c1OC. The van der Waals surface area contributed by atoms with Crippen molar-refractivity contribution in [1.82, 2.24) is 0 Å². The molecule has 1 heterocycles. The van der Waals surface area contributed by atoms with E-state index in [1.807, 2.05) is 12.1 Å². The normalized spacial score (nSPS) is 20.1. The average Bonchev–Trinajstić information content (AvgIpc) is 2.98. The van der Waals surface area contributed by atoms with Gasteiger partial charge in [-0.05, 0) is 25.0 Å². The van der Waals surface area contributed by atoms with Gasteiger partial charge in [0, 0.05) is 12.2 Å². The highest BCUT2D eigenvalue weighted by Crippen LogP contribution is 2.43. The molecular formula is C14H21NO4. The summed E-state index contributed by atoms with van der Waals surface area (Å²) in [6.45, 7) is 0.772. The first-order valence-corrected chi connectivity index (χ1v) is 6.39. The minimum Gasteiger partial charge on any atom is -0.493 e. The lowest BCUT2D eigenvalue weighted by Gasteiger charge is -2.23. The Labute approximate surface area is 113 Å². The Morgan fingerprint density at radius 1 is 1.16 bits per heavy atom. The summed E-state index contributed by atoms with van der Waals surface area (Å²) < 4.78 is 21.7. The molecular weight excluding hydrogens is 246 g/mol. The maximum atomic E-state index is 6.29. The van der Waals surface area contributed by atoms with Crippen molar-refractivity contribution in [3.63, 3.8) is 0 Å². The Balaban J connectivity index is 2.38. The number of hydrogen-bond donors (Lipinski definition) is 1. The van der Waals surface area contributed by atoms with E-state index < -0.39 is 0 Å².